The molecule has 4 aromatic rings. The van der Waals surface area contributed by atoms with E-state index in [1.165, 1.54) is 21.5 Å². The molecule has 0 aliphatic heterocycles. The Morgan fingerprint density at radius 1 is 1.27 bits per heavy atom. The molecule has 1 aliphatic rings. The molecule has 3 aromatic heterocycles. The predicted octanol–water partition coefficient (Wildman–Crippen LogP) is 4.01. The number of nitrogens with zero attached hydrogens (tertiary/aromatic N) is 3. The normalized spacial score (nSPS) is 14.5. The molecular formula is C20H18N4OS. The van der Waals surface area contributed by atoms with Crippen molar-refractivity contribution in [2.45, 2.75) is 32.6 Å². The molecule has 0 atom stereocenters. The highest BCUT2D eigenvalue weighted by molar-refractivity contribution is 7.18. The van der Waals surface area contributed by atoms with Crippen molar-refractivity contribution in [3.63, 3.8) is 0 Å². The van der Waals surface area contributed by atoms with Gasteiger partial charge in [-0.1, -0.05) is 18.2 Å². The number of thiophene rings is 1. The third-order valence-corrected chi connectivity index (χ3v) is 6.25. The van der Waals surface area contributed by atoms with Gasteiger partial charge < -0.3 is 4.98 Å². The Bertz CT molecular complexity index is 1230. The van der Waals surface area contributed by atoms with Gasteiger partial charge in [-0.25, -0.2) is 4.98 Å². The van der Waals surface area contributed by atoms with Crippen LogP contribution in [0.1, 0.15) is 34.7 Å². The summed E-state index contributed by atoms with van der Waals surface area (Å²) in [5.41, 5.74) is 3.16. The molecule has 0 radical (unpaired) electrons. The van der Waals surface area contributed by atoms with Crippen molar-refractivity contribution in [2.75, 3.05) is 0 Å². The van der Waals surface area contributed by atoms with Gasteiger partial charge in [0.05, 0.1) is 11.6 Å². The van der Waals surface area contributed by atoms with Crippen LogP contribution in [-0.4, -0.2) is 20.9 Å². The number of H-pyrrole nitrogens is 1. The standard InChI is InChI=1S/C20H18N4OS/c1-12-23-19-18(15-7-3-5-9-17(15)26-19)20(25)24(12)22-11-13-10-21-16-8-4-2-6-14(13)16/h2,4,6,8,10-11,21H,3,5,7,9H2,1H3. The van der Waals surface area contributed by atoms with Crippen LogP contribution in [-0.2, 0) is 12.8 Å². The highest BCUT2D eigenvalue weighted by Crippen LogP contribution is 2.33. The highest BCUT2D eigenvalue weighted by Gasteiger charge is 2.21. The fourth-order valence-corrected chi connectivity index (χ4v) is 5.05. The summed E-state index contributed by atoms with van der Waals surface area (Å²) in [6, 6.07) is 8.05. The van der Waals surface area contributed by atoms with E-state index in [4.69, 9.17) is 0 Å². The number of hydrogen-bond donors (Lipinski definition) is 1. The summed E-state index contributed by atoms with van der Waals surface area (Å²) in [4.78, 5) is 23.2. The van der Waals surface area contributed by atoms with Gasteiger partial charge in [-0.3, -0.25) is 4.79 Å². The zero-order valence-electron chi connectivity index (χ0n) is 14.5. The molecule has 130 valence electrons. The van der Waals surface area contributed by atoms with Gasteiger partial charge in [-0.15, -0.1) is 11.3 Å². The number of aromatic amines is 1. The molecule has 0 unspecified atom stereocenters. The van der Waals surface area contributed by atoms with E-state index in [-0.39, 0.29) is 5.56 Å². The average Bonchev–Trinajstić information content (AvgIpc) is 3.22. The fraction of sp³-hybridized carbons (Fsp3) is 0.250. The minimum Gasteiger partial charge on any atom is -0.361 e. The first-order chi connectivity index (χ1) is 12.7. The summed E-state index contributed by atoms with van der Waals surface area (Å²) in [7, 11) is 0. The van der Waals surface area contributed by atoms with Crippen LogP contribution in [0.15, 0.2) is 40.4 Å². The summed E-state index contributed by atoms with van der Waals surface area (Å²) < 4.78 is 1.44. The van der Waals surface area contributed by atoms with Gasteiger partial charge in [-0.2, -0.15) is 9.78 Å². The van der Waals surface area contributed by atoms with Crippen molar-refractivity contribution in [1.82, 2.24) is 14.6 Å². The fourth-order valence-electron chi connectivity index (χ4n) is 3.75. The molecule has 0 spiro atoms. The van der Waals surface area contributed by atoms with E-state index in [0.29, 0.717) is 5.82 Å². The molecule has 3 heterocycles. The smallest absolute Gasteiger partial charge is 0.283 e. The Morgan fingerprint density at radius 3 is 3.04 bits per heavy atom. The van der Waals surface area contributed by atoms with E-state index >= 15 is 0 Å². The zero-order chi connectivity index (χ0) is 17.7. The van der Waals surface area contributed by atoms with Crippen molar-refractivity contribution >= 4 is 38.7 Å². The molecule has 1 aromatic carbocycles. The van der Waals surface area contributed by atoms with Crippen molar-refractivity contribution in [2.24, 2.45) is 5.10 Å². The minimum absolute atomic E-state index is 0.0528. The SMILES string of the molecule is Cc1nc2sc3c(c2c(=O)n1N=Cc1c[nH]c2ccccc12)CCCC3. The lowest BCUT2D eigenvalue weighted by atomic mass is 9.97. The first-order valence-electron chi connectivity index (χ1n) is 8.87. The summed E-state index contributed by atoms with van der Waals surface area (Å²) in [5, 5.41) is 6.33. The van der Waals surface area contributed by atoms with Gasteiger partial charge in [0.2, 0.25) is 0 Å². The molecule has 0 saturated carbocycles. The van der Waals surface area contributed by atoms with Crippen LogP contribution in [0.4, 0.5) is 0 Å². The summed E-state index contributed by atoms with van der Waals surface area (Å²) in [5.74, 6) is 0.622. The zero-order valence-corrected chi connectivity index (χ0v) is 15.3. The lowest BCUT2D eigenvalue weighted by Crippen LogP contribution is -2.21. The third kappa shape index (κ3) is 2.33. The molecule has 5 nitrogen and oxygen atoms in total. The number of hydrogen-bond acceptors (Lipinski definition) is 4. The molecule has 0 bridgehead atoms. The maximum Gasteiger partial charge on any atom is 0.283 e. The number of para-hydroxylation sites is 1. The van der Waals surface area contributed by atoms with Crippen molar-refractivity contribution in [3.05, 3.63) is 62.6 Å². The van der Waals surface area contributed by atoms with Crippen LogP contribution in [0.2, 0.25) is 0 Å². The van der Waals surface area contributed by atoms with Crippen molar-refractivity contribution < 1.29 is 0 Å². The number of aromatic nitrogens is 3. The van der Waals surface area contributed by atoms with Crippen molar-refractivity contribution in [3.8, 4) is 0 Å². The maximum atomic E-state index is 13.1. The molecule has 0 saturated heterocycles. The summed E-state index contributed by atoms with van der Waals surface area (Å²) in [6.07, 6.45) is 8.03. The monoisotopic (exact) mass is 362 g/mol. The lowest BCUT2D eigenvalue weighted by Gasteiger charge is -2.10. The van der Waals surface area contributed by atoms with E-state index < -0.39 is 0 Å². The van der Waals surface area contributed by atoms with Crippen LogP contribution in [0.3, 0.4) is 0 Å². The first kappa shape index (κ1) is 15.5. The van der Waals surface area contributed by atoms with Crippen molar-refractivity contribution in [1.29, 1.82) is 0 Å². The van der Waals surface area contributed by atoms with E-state index in [2.05, 4.69) is 15.1 Å². The number of benzene rings is 1. The lowest BCUT2D eigenvalue weighted by molar-refractivity contribution is 0.698. The van der Waals surface area contributed by atoms with Gasteiger partial charge in [0.15, 0.2) is 0 Å². The second-order valence-electron chi connectivity index (χ2n) is 6.70. The molecule has 5 rings (SSSR count). The summed E-state index contributed by atoms with van der Waals surface area (Å²) >= 11 is 1.67. The largest absolute Gasteiger partial charge is 0.361 e. The quantitative estimate of drug-likeness (QED) is 0.548. The maximum absolute atomic E-state index is 13.1. The number of aryl methyl sites for hydroxylation is 3. The number of rotatable bonds is 2. The van der Waals surface area contributed by atoms with Crippen LogP contribution >= 0.6 is 11.3 Å². The second kappa shape index (κ2) is 5.92. The van der Waals surface area contributed by atoms with Crippen LogP contribution < -0.4 is 5.56 Å². The van der Waals surface area contributed by atoms with E-state index in [0.717, 1.165) is 45.9 Å². The molecular weight excluding hydrogens is 344 g/mol. The number of nitrogens with one attached hydrogen (secondary N) is 1. The Morgan fingerprint density at radius 2 is 2.12 bits per heavy atom. The Labute approximate surface area is 154 Å². The topological polar surface area (TPSA) is 63.0 Å². The van der Waals surface area contributed by atoms with E-state index in [1.807, 2.05) is 37.4 Å². The van der Waals surface area contributed by atoms with E-state index in [1.54, 1.807) is 17.6 Å². The van der Waals surface area contributed by atoms with Gasteiger partial charge in [0, 0.05) is 27.5 Å². The third-order valence-electron chi connectivity index (χ3n) is 5.06. The van der Waals surface area contributed by atoms with Crippen LogP contribution in [0.5, 0.6) is 0 Å². The number of fused-ring (bicyclic) bond motifs is 4. The molecule has 0 amide bonds. The molecule has 6 heteroatoms. The first-order valence-corrected chi connectivity index (χ1v) is 9.68. The molecule has 0 fully saturated rings. The van der Waals surface area contributed by atoms with Crippen LogP contribution in [0.25, 0.3) is 21.1 Å². The Balaban J connectivity index is 1.66. The second-order valence-corrected chi connectivity index (χ2v) is 7.78. The van der Waals surface area contributed by atoms with Gasteiger partial charge in [0.1, 0.15) is 10.7 Å². The van der Waals surface area contributed by atoms with E-state index in [9.17, 15) is 4.79 Å². The molecule has 1 N–H and O–H groups in total. The van der Waals surface area contributed by atoms with Gasteiger partial charge in [0.25, 0.3) is 5.56 Å². The van der Waals surface area contributed by atoms with Crippen LogP contribution in [0, 0.1) is 6.92 Å². The molecule has 1 aliphatic carbocycles. The van der Waals surface area contributed by atoms with Gasteiger partial charge >= 0.3 is 0 Å². The average molecular weight is 362 g/mol. The Kier molecular flexibility index (Phi) is 3.53. The Hall–Kier alpha value is -2.73. The highest BCUT2D eigenvalue weighted by atomic mass is 32.1. The predicted molar refractivity (Wildman–Crippen MR) is 107 cm³/mol. The van der Waals surface area contributed by atoms with Gasteiger partial charge in [-0.05, 0) is 44.2 Å². The molecule has 26 heavy (non-hydrogen) atoms. The minimum atomic E-state index is -0.0528. The summed E-state index contributed by atoms with van der Waals surface area (Å²) in [6.45, 7) is 1.84.